The summed E-state index contributed by atoms with van der Waals surface area (Å²) in [4.78, 5) is 0. The molecule has 1 aromatic rings. The lowest BCUT2D eigenvalue weighted by Crippen LogP contribution is -2.57. The summed E-state index contributed by atoms with van der Waals surface area (Å²) < 4.78 is 0. The molecule has 1 fully saturated rings. The van der Waals surface area contributed by atoms with E-state index in [2.05, 4.69) is 21.6 Å². The Balaban J connectivity index is 2.27. The smallest absolute Gasteiger partial charge is 0.167 e. The lowest BCUT2D eigenvalue weighted by Gasteiger charge is -2.49. The van der Waals surface area contributed by atoms with Gasteiger partial charge in [-0.3, -0.25) is 0 Å². The number of nitrogens with zero attached hydrogens (tertiary/aromatic N) is 3. The highest BCUT2D eigenvalue weighted by Crippen LogP contribution is 2.42. The van der Waals surface area contributed by atoms with Gasteiger partial charge in [0.2, 0.25) is 0 Å². The standard InChI is InChI=1S/C13H18N4O/c1-7-8(2)16-17-12(9(7)6-14)15-10-5-11(18)13(10,3)4/h10-11,18H,5H2,1-4H3,(H,15,17). The minimum absolute atomic E-state index is 0.121. The van der Waals surface area contributed by atoms with E-state index in [4.69, 9.17) is 0 Å². The van der Waals surface area contributed by atoms with Gasteiger partial charge in [0.25, 0.3) is 0 Å². The third-order valence-electron chi connectivity index (χ3n) is 4.09. The van der Waals surface area contributed by atoms with Crippen LogP contribution in [0.5, 0.6) is 0 Å². The first-order chi connectivity index (χ1) is 8.37. The summed E-state index contributed by atoms with van der Waals surface area (Å²) in [5, 5.41) is 30.2. The molecule has 0 radical (unpaired) electrons. The molecule has 5 nitrogen and oxygen atoms in total. The number of aliphatic hydroxyl groups is 1. The van der Waals surface area contributed by atoms with Gasteiger partial charge in [-0.15, -0.1) is 5.10 Å². The Bertz CT molecular complexity index is 518. The van der Waals surface area contributed by atoms with Crippen LogP contribution in [0.2, 0.25) is 0 Å². The Labute approximate surface area is 107 Å². The van der Waals surface area contributed by atoms with E-state index in [-0.39, 0.29) is 17.6 Å². The molecule has 2 N–H and O–H groups in total. The maximum atomic E-state index is 9.71. The SMILES string of the molecule is Cc1nnc(NC2CC(O)C2(C)C)c(C#N)c1C. The average molecular weight is 246 g/mol. The molecule has 1 heterocycles. The first kappa shape index (κ1) is 12.8. The van der Waals surface area contributed by atoms with Crippen LogP contribution in [0.4, 0.5) is 5.82 Å². The molecule has 0 bridgehead atoms. The molecule has 0 aromatic carbocycles. The Morgan fingerprint density at radius 3 is 2.56 bits per heavy atom. The first-order valence-corrected chi connectivity index (χ1v) is 6.06. The second-order valence-corrected chi connectivity index (χ2v) is 5.52. The van der Waals surface area contributed by atoms with Crippen molar-refractivity contribution in [2.24, 2.45) is 5.41 Å². The van der Waals surface area contributed by atoms with Crippen LogP contribution in [-0.4, -0.2) is 27.4 Å². The van der Waals surface area contributed by atoms with Gasteiger partial charge < -0.3 is 10.4 Å². The molecular formula is C13H18N4O. The lowest BCUT2D eigenvalue weighted by molar-refractivity contribution is -0.0511. The molecular weight excluding hydrogens is 228 g/mol. The van der Waals surface area contributed by atoms with Crippen molar-refractivity contribution in [2.75, 3.05) is 5.32 Å². The summed E-state index contributed by atoms with van der Waals surface area (Å²) in [5.41, 5.74) is 1.96. The number of hydrogen-bond acceptors (Lipinski definition) is 5. The maximum absolute atomic E-state index is 9.71. The van der Waals surface area contributed by atoms with Crippen LogP contribution in [0.25, 0.3) is 0 Å². The van der Waals surface area contributed by atoms with Crippen molar-refractivity contribution in [2.45, 2.75) is 46.3 Å². The number of anilines is 1. The minimum atomic E-state index is -0.306. The van der Waals surface area contributed by atoms with Crippen molar-refractivity contribution >= 4 is 5.82 Å². The van der Waals surface area contributed by atoms with Gasteiger partial charge >= 0.3 is 0 Å². The molecule has 2 atom stereocenters. The zero-order valence-electron chi connectivity index (χ0n) is 11.2. The number of aryl methyl sites for hydroxylation is 1. The maximum Gasteiger partial charge on any atom is 0.167 e. The number of aliphatic hydroxyl groups excluding tert-OH is 1. The molecule has 0 amide bonds. The zero-order valence-corrected chi connectivity index (χ0v) is 11.2. The number of nitriles is 1. The molecule has 2 unspecified atom stereocenters. The van der Waals surface area contributed by atoms with Crippen LogP contribution in [0.1, 0.15) is 37.1 Å². The van der Waals surface area contributed by atoms with Crippen molar-refractivity contribution in [3.05, 3.63) is 16.8 Å². The summed E-state index contributed by atoms with van der Waals surface area (Å²) in [6.07, 6.45) is 0.368. The molecule has 0 saturated heterocycles. The van der Waals surface area contributed by atoms with E-state index < -0.39 is 0 Å². The fraction of sp³-hybridized carbons (Fsp3) is 0.615. The summed E-state index contributed by atoms with van der Waals surface area (Å²) >= 11 is 0. The molecule has 1 saturated carbocycles. The first-order valence-electron chi connectivity index (χ1n) is 6.06. The monoisotopic (exact) mass is 246 g/mol. The van der Waals surface area contributed by atoms with E-state index in [0.717, 1.165) is 11.3 Å². The van der Waals surface area contributed by atoms with E-state index in [0.29, 0.717) is 17.8 Å². The van der Waals surface area contributed by atoms with Crippen LogP contribution in [-0.2, 0) is 0 Å². The average Bonchev–Trinajstić information content (AvgIpc) is 2.33. The molecule has 5 heteroatoms. The highest BCUT2D eigenvalue weighted by Gasteiger charge is 2.47. The molecule has 2 rings (SSSR count). The number of nitrogens with one attached hydrogen (secondary N) is 1. The van der Waals surface area contributed by atoms with E-state index in [1.165, 1.54) is 0 Å². The number of hydrogen-bond donors (Lipinski definition) is 2. The quantitative estimate of drug-likeness (QED) is 0.827. The third kappa shape index (κ3) is 1.83. The zero-order chi connectivity index (χ0) is 13.5. The number of aromatic nitrogens is 2. The number of rotatable bonds is 2. The van der Waals surface area contributed by atoms with Gasteiger partial charge in [0.05, 0.1) is 11.8 Å². The van der Waals surface area contributed by atoms with Gasteiger partial charge in [0.1, 0.15) is 11.6 Å². The van der Waals surface area contributed by atoms with Crippen LogP contribution in [0.3, 0.4) is 0 Å². The van der Waals surface area contributed by atoms with Gasteiger partial charge in [0, 0.05) is 11.5 Å². The molecule has 96 valence electrons. The Hall–Kier alpha value is -1.67. The Morgan fingerprint density at radius 2 is 2.06 bits per heavy atom. The summed E-state index contributed by atoms with van der Waals surface area (Å²) in [6.45, 7) is 7.71. The highest BCUT2D eigenvalue weighted by molar-refractivity contribution is 5.56. The lowest BCUT2D eigenvalue weighted by atomic mass is 9.64. The Morgan fingerprint density at radius 1 is 1.39 bits per heavy atom. The molecule has 0 spiro atoms. The summed E-state index contributed by atoms with van der Waals surface area (Å²) in [6, 6.07) is 2.29. The van der Waals surface area contributed by atoms with Crippen molar-refractivity contribution in [3.8, 4) is 6.07 Å². The van der Waals surface area contributed by atoms with Gasteiger partial charge in [-0.25, -0.2) is 0 Å². The largest absolute Gasteiger partial charge is 0.392 e. The highest BCUT2D eigenvalue weighted by atomic mass is 16.3. The van der Waals surface area contributed by atoms with Gasteiger partial charge in [-0.2, -0.15) is 10.4 Å². The van der Waals surface area contributed by atoms with Crippen molar-refractivity contribution in [3.63, 3.8) is 0 Å². The fourth-order valence-electron chi connectivity index (χ4n) is 2.16. The second-order valence-electron chi connectivity index (χ2n) is 5.52. The van der Waals surface area contributed by atoms with Crippen molar-refractivity contribution < 1.29 is 5.11 Å². The van der Waals surface area contributed by atoms with E-state index in [1.807, 2.05) is 27.7 Å². The van der Waals surface area contributed by atoms with E-state index in [9.17, 15) is 10.4 Å². The topological polar surface area (TPSA) is 81.8 Å². The summed E-state index contributed by atoms with van der Waals surface area (Å²) in [7, 11) is 0. The predicted octanol–water partition coefficient (Wildman–Crippen LogP) is 1.54. The van der Waals surface area contributed by atoms with E-state index >= 15 is 0 Å². The molecule has 18 heavy (non-hydrogen) atoms. The van der Waals surface area contributed by atoms with Gasteiger partial charge in [0.15, 0.2) is 5.82 Å². The van der Waals surface area contributed by atoms with Crippen molar-refractivity contribution in [1.82, 2.24) is 10.2 Å². The van der Waals surface area contributed by atoms with Crippen LogP contribution >= 0.6 is 0 Å². The van der Waals surface area contributed by atoms with Gasteiger partial charge in [-0.05, 0) is 25.8 Å². The molecule has 0 aliphatic heterocycles. The third-order valence-corrected chi connectivity index (χ3v) is 4.09. The summed E-state index contributed by atoms with van der Waals surface area (Å²) in [5.74, 6) is 0.519. The minimum Gasteiger partial charge on any atom is -0.392 e. The van der Waals surface area contributed by atoms with Crippen molar-refractivity contribution in [1.29, 1.82) is 5.26 Å². The van der Waals surface area contributed by atoms with E-state index in [1.54, 1.807) is 0 Å². The second kappa shape index (κ2) is 4.21. The molecule has 1 aromatic heterocycles. The molecule has 1 aliphatic rings. The van der Waals surface area contributed by atoms with Crippen LogP contribution < -0.4 is 5.32 Å². The fourth-order valence-corrected chi connectivity index (χ4v) is 2.16. The van der Waals surface area contributed by atoms with Crippen LogP contribution in [0.15, 0.2) is 0 Å². The predicted molar refractivity (Wildman–Crippen MR) is 68.0 cm³/mol. The van der Waals surface area contributed by atoms with Crippen LogP contribution in [0, 0.1) is 30.6 Å². The normalized spacial score (nSPS) is 25.1. The van der Waals surface area contributed by atoms with Gasteiger partial charge in [-0.1, -0.05) is 13.8 Å². The Kier molecular flexibility index (Phi) is 2.99. The molecule has 1 aliphatic carbocycles.